The fourth-order valence-electron chi connectivity index (χ4n) is 5.28. The Kier molecular flexibility index (Phi) is 7.95. The third-order valence-corrected chi connectivity index (χ3v) is 7.87. The molecule has 1 amide bonds. The summed E-state index contributed by atoms with van der Waals surface area (Å²) in [6.07, 6.45) is 1.59. The lowest BCUT2D eigenvalue weighted by atomic mass is 10.1. The molecule has 2 aliphatic rings. The average Bonchev–Trinajstić information content (AvgIpc) is 3.28. The monoisotopic (exact) mass is 615 g/mol. The molecule has 0 unspecified atom stereocenters. The molecule has 0 bridgehead atoms. The van der Waals surface area contributed by atoms with Gasteiger partial charge in [0.1, 0.15) is 34.6 Å². The van der Waals surface area contributed by atoms with Crippen LogP contribution < -0.4 is 10.1 Å². The third kappa shape index (κ3) is 5.75. The fraction of sp³-hybridized carbons (Fsp3) is 0.310. The van der Waals surface area contributed by atoms with Crippen molar-refractivity contribution in [3.8, 4) is 5.88 Å². The molecule has 43 heavy (non-hydrogen) atoms. The van der Waals surface area contributed by atoms with Crippen molar-refractivity contribution >= 4 is 40.7 Å². The molecule has 0 saturated carbocycles. The van der Waals surface area contributed by atoms with Crippen LogP contribution in [0.5, 0.6) is 5.88 Å². The molecule has 14 heteroatoms. The zero-order valence-corrected chi connectivity index (χ0v) is 23.3. The second kappa shape index (κ2) is 11.8. The lowest BCUT2D eigenvalue weighted by Crippen LogP contribution is -2.34. The smallest absolute Gasteiger partial charge is 0.338 e. The van der Waals surface area contributed by atoms with E-state index in [1.165, 1.54) is 12.1 Å². The van der Waals surface area contributed by atoms with E-state index in [4.69, 9.17) is 21.1 Å². The summed E-state index contributed by atoms with van der Waals surface area (Å²) < 4.78 is 57.1. The highest BCUT2D eigenvalue weighted by Gasteiger charge is 2.28. The predicted octanol–water partition coefficient (Wildman–Crippen LogP) is 4.69. The highest BCUT2D eigenvalue weighted by molar-refractivity contribution is 6.31. The van der Waals surface area contributed by atoms with Gasteiger partial charge in [0.2, 0.25) is 12.3 Å². The van der Waals surface area contributed by atoms with Gasteiger partial charge in [0.25, 0.3) is 0 Å². The highest BCUT2D eigenvalue weighted by atomic mass is 35.5. The number of imidazole rings is 1. The first-order valence-electron chi connectivity index (χ1n) is 13.5. The van der Waals surface area contributed by atoms with E-state index in [1.54, 1.807) is 10.6 Å². The van der Waals surface area contributed by atoms with Crippen LogP contribution in [0, 0.1) is 17.5 Å². The number of carbonyl (C=O) groups excluding carboxylic acids is 1. The summed E-state index contributed by atoms with van der Waals surface area (Å²) in [5.74, 6) is -3.43. The van der Waals surface area contributed by atoms with Crippen molar-refractivity contribution in [3.05, 3.63) is 81.0 Å². The molecule has 0 aliphatic carbocycles. The van der Waals surface area contributed by atoms with Crippen molar-refractivity contribution in [2.24, 2.45) is 0 Å². The van der Waals surface area contributed by atoms with E-state index in [0.29, 0.717) is 62.7 Å². The van der Waals surface area contributed by atoms with Crippen molar-refractivity contribution in [2.75, 3.05) is 18.5 Å². The molecule has 1 saturated heterocycles. The maximum atomic E-state index is 15.3. The van der Waals surface area contributed by atoms with Gasteiger partial charge >= 0.3 is 5.97 Å². The lowest BCUT2D eigenvalue weighted by Gasteiger charge is -2.30. The van der Waals surface area contributed by atoms with Gasteiger partial charge in [-0.3, -0.25) is 9.69 Å². The van der Waals surface area contributed by atoms with E-state index in [1.807, 2.05) is 0 Å². The van der Waals surface area contributed by atoms with Gasteiger partial charge < -0.3 is 24.5 Å². The number of aromatic nitrogens is 3. The number of carbonyl (C=O) groups is 2. The first-order chi connectivity index (χ1) is 20.7. The number of halogens is 4. The van der Waals surface area contributed by atoms with Crippen LogP contribution in [0.15, 0.2) is 30.3 Å². The van der Waals surface area contributed by atoms with Gasteiger partial charge in [0.15, 0.2) is 5.82 Å². The van der Waals surface area contributed by atoms with Crippen LogP contribution in [0.4, 0.5) is 18.9 Å². The topological polar surface area (TPSA) is 119 Å². The molecular weight excluding hydrogens is 591 g/mol. The summed E-state index contributed by atoms with van der Waals surface area (Å²) in [6, 6.07) is 6.39. The molecular formula is C29H25ClF3N5O5. The number of ether oxygens (including phenoxy) is 2. The van der Waals surface area contributed by atoms with Crippen LogP contribution >= 0.6 is 11.6 Å². The second-order valence-electron chi connectivity index (χ2n) is 10.3. The van der Waals surface area contributed by atoms with E-state index in [0.717, 1.165) is 24.1 Å². The van der Waals surface area contributed by atoms with Crippen molar-refractivity contribution in [2.45, 2.75) is 45.2 Å². The number of aromatic carboxylic acids is 1. The minimum atomic E-state index is -1.36. The number of benzene rings is 2. The van der Waals surface area contributed by atoms with E-state index in [9.17, 15) is 23.5 Å². The third-order valence-electron chi connectivity index (χ3n) is 7.60. The Balaban J connectivity index is 1.23. The number of nitrogens with one attached hydrogen (secondary N) is 1. The number of hydrogen-bond donors (Lipinski definition) is 2. The van der Waals surface area contributed by atoms with Crippen molar-refractivity contribution < 1.29 is 37.3 Å². The summed E-state index contributed by atoms with van der Waals surface area (Å²) in [5.41, 5.74) is 1.22. The van der Waals surface area contributed by atoms with E-state index in [-0.39, 0.29) is 33.8 Å². The van der Waals surface area contributed by atoms with Gasteiger partial charge in [-0.25, -0.2) is 27.9 Å². The van der Waals surface area contributed by atoms with Crippen molar-refractivity contribution in [1.82, 2.24) is 19.4 Å². The fourth-order valence-corrected chi connectivity index (χ4v) is 5.51. The first-order valence-corrected chi connectivity index (χ1v) is 13.8. The number of amides is 1. The first kappa shape index (κ1) is 28.9. The zero-order valence-electron chi connectivity index (χ0n) is 22.6. The van der Waals surface area contributed by atoms with Crippen molar-refractivity contribution in [3.63, 3.8) is 0 Å². The molecule has 4 heterocycles. The number of hydrogen-bond acceptors (Lipinski definition) is 7. The van der Waals surface area contributed by atoms with E-state index < -0.39 is 35.6 Å². The van der Waals surface area contributed by atoms with Crippen LogP contribution in [-0.2, 0) is 42.2 Å². The Bertz CT molecular complexity index is 1720. The summed E-state index contributed by atoms with van der Waals surface area (Å²) >= 11 is 6.38. The molecule has 6 rings (SSSR count). The zero-order chi connectivity index (χ0) is 30.2. The quantitative estimate of drug-likeness (QED) is 0.247. The Hall–Kier alpha value is -4.20. The summed E-state index contributed by atoms with van der Waals surface area (Å²) in [6.45, 7) is 1.77. The second-order valence-corrected chi connectivity index (χ2v) is 10.7. The van der Waals surface area contributed by atoms with E-state index >= 15 is 4.39 Å². The Morgan fingerprint density at radius 2 is 1.98 bits per heavy atom. The largest absolute Gasteiger partial charge is 0.478 e. The van der Waals surface area contributed by atoms with Crippen LogP contribution in [0.3, 0.4) is 0 Å². The van der Waals surface area contributed by atoms with Gasteiger partial charge in [-0.1, -0.05) is 11.6 Å². The maximum Gasteiger partial charge on any atom is 0.338 e. The number of carboxylic acids is 1. The van der Waals surface area contributed by atoms with Crippen LogP contribution in [0.25, 0.3) is 11.0 Å². The number of pyridine rings is 1. The molecule has 4 aromatic rings. The molecule has 2 aliphatic heterocycles. The molecule has 10 nitrogen and oxygen atoms in total. The summed E-state index contributed by atoms with van der Waals surface area (Å²) in [7, 11) is 0. The maximum absolute atomic E-state index is 15.3. The van der Waals surface area contributed by atoms with Crippen LogP contribution in [0.2, 0.25) is 5.02 Å². The lowest BCUT2D eigenvalue weighted by molar-refractivity contribution is -0.105. The normalized spacial score (nSPS) is 16.5. The average molecular weight is 616 g/mol. The molecule has 1 atom stereocenters. The molecule has 224 valence electrons. The van der Waals surface area contributed by atoms with Gasteiger partial charge in [-0.05, 0) is 48.7 Å². The molecule has 2 aromatic carbocycles. The Morgan fingerprint density at radius 3 is 2.65 bits per heavy atom. The molecule has 1 fully saturated rings. The number of carboxylic acid groups (broad SMARTS) is 1. The number of nitrogens with zero attached hydrogens (tertiary/aromatic N) is 4. The van der Waals surface area contributed by atoms with Gasteiger partial charge in [0.05, 0.1) is 41.5 Å². The summed E-state index contributed by atoms with van der Waals surface area (Å²) in [4.78, 5) is 33.4. The minimum Gasteiger partial charge on any atom is -0.478 e. The number of anilines is 1. The van der Waals surface area contributed by atoms with Gasteiger partial charge in [-0.15, -0.1) is 0 Å². The van der Waals surface area contributed by atoms with Crippen LogP contribution in [0.1, 0.15) is 39.4 Å². The Labute approximate surface area is 248 Å². The number of rotatable bonds is 10. The van der Waals surface area contributed by atoms with Gasteiger partial charge in [-0.2, -0.15) is 0 Å². The molecule has 0 spiro atoms. The number of fused-ring (bicyclic) bond motifs is 2. The van der Waals surface area contributed by atoms with Crippen LogP contribution in [-0.4, -0.2) is 56.2 Å². The standard InChI is InChI=1S/C29H25ClF3N5O5/c30-20-7-15-3-5-37(11-24(15)36-28(20)43-13-19-21(31)8-16(34-14-39)9-22(19)32)12-25-35-23-2-1-18(29(40)41)26(33)27(23)38(25)10-17-4-6-42-17/h1-2,7-9,14,17H,3-6,10-13H2,(H,34,39)(H,40,41)/t17-/m0/s1. The van der Waals surface area contributed by atoms with E-state index in [2.05, 4.69) is 20.2 Å². The predicted molar refractivity (Wildman–Crippen MR) is 148 cm³/mol. The SMILES string of the molecule is O=CNc1cc(F)c(COc2nc3c(cc2Cl)CCN(Cc2nc4ccc(C(=O)O)c(F)c4n2C[C@@H]2CCO2)C3)c(F)c1. The van der Waals surface area contributed by atoms with Gasteiger partial charge in [0, 0.05) is 25.4 Å². The minimum absolute atomic E-state index is 0.00815. The molecule has 2 aromatic heterocycles. The van der Waals surface area contributed by atoms with Crippen molar-refractivity contribution in [1.29, 1.82) is 0 Å². The molecule has 2 N–H and O–H groups in total. The summed E-state index contributed by atoms with van der Waals surface area (Å²) in [5, 5.41) is 11.8. The molecule has 0 radical (unpaired) electrons. The highest BCUT2D eigenvalue weighted by Crippen LogP contribution is 2.31. The Morgan fingerprint density at radius 1 is 1.21 bits per heavy atom.